The quantitative estimate of drug-likeness (QED) is 0.344. The molecule has 6 nitrogen and oxygen atoms in total. The summed E-state index contributed by atoms with van der Waals surface area (Å²) in [7, 11) is 0. The van der Waals surface area contributed by atoms with Gasteiger partial charge in [-0.05, 0) is 11.4 Å². The molecule has 72 valence electrons. The first-order valence-corrected chi connectivity index (χ1v) is 3.82. The predicted octanol–water partition coefficient (Wildman–Crippen LogP) is -0.0648. The van der Waals surface area contributed by atoms with E-state index >= 15 is 0 Å². The van der Waals surface area contributed by atoms with Gasteiger partial charge in [0.2, 0.25) is 0 Å². The van der Waals surface area contributed by atoms with Gasteiger partial charge in [-0.1, -0.05) is 0 Å². The number of rotatable bonds is 2. The average Bonchev–Trinajstić information content (AvgIpc) is 2.03. The van der Waals surface area contributed by atoms with Crippen LogP contribution >= 0.6 is 0 Å². The van der Waals surface area contributed by atoms with Crippen molar-refractivity contribution in [1.29, 1.82) is 0 Å². The van der Waals surface area contributed by atoms with Crippen molar-refractivity contribution in [2.24, 2.45) is 0 Å². The largest absolute Gasteiger partial charge is 0.342 e. The number of piperidine rings is 1. The van der Waals surface area contributed by atoms with Crippen LogP contribution in [0.2, 0.25) is 0 Å². The zero-order valence-electron chi connectivity index (χ0n) is 7.11. The first-order chi connectivity index (χ1) is 6.11. The minimum Gasteiger partial charge on any atom is -0.275 e. The maximum Gasteiger partial charge on any atom is 0.342 e. The molecular formula is C7H9NO5. The molecule has 0 N–H and O–H groups in total. The van der Waals surface area contributed by atoms with E-state index in [1.54, 1.807) is 0 Å². The summed E-state index contributed by atoms with van der Waals surface area (Å²) in [4.78, 5) is 40.6. The van der Waals surface area contributed by atoms with Crippen LogP contribution in [-0.2, 0) is 24.3 Å². The van der Waals surface area contributed by atoms with E-state index in [9.17, 15) is 14.4 Å². The standard InChI is InChI=1S/C7H9NO5/c1-5(9)12-13-8-6(10)3-2-4-7(8)11/h2-4H2,1H3. The smallest absolute Gasteiger partial charge is 0.275 e. The highest BCUT2D eigenvalue weighted by Gasteiger charge is 2.28. The Labute approximate surface area is 74.3 Å². The number of hydrogen-bond donors (Lipinski definition) is 0. The first kappa shape index (κ1) is 9.66. The highest BCUT2D eigenvalue weighted by atomic mass is 17.3. The van der Waals surface area contributed by atoms with E-state index < -0.39 is 17.8 Å². The van der Waals surface area contributed by atoms with Crippen molar-refractivity contribution in [2.45, 2.75) is 26.2 Å². The molecule has 0 aromatic heterocycles. The number of carbonyl (C=O) groups excluding carboxylic acids is 3. The van der Waals surface area contributed by atoms with Gasteiger partial charge in [-0.3, -0.25) is 14.5 Å². The summed E-state index contributed by atoms with van der Waals surface area (Å²) in [5.74, 6) is -1.69. The molecule has 0 atom stereocenters. The molecule has 1 heterocycles. The minimum atomic E-state index is -0.717. The maximum absolute atomic E-state index is 11.0. The third-order valence-electron chi connectivity index (χ3n) is 1.46. The Hall–Kier alpha value is -1.43. The lowest BCUT2D eigenvalue weighted by Crippen LogP contribution is -2.40. The first-order valence-electron chi connectivity index (χ1n) is 3.82. The van der Waals surface area contributed by atoms with Gasteiger partial charge in [0, 0.05) is 19.8 Å². The fraction of sp³-hybridized carbons (Fsp3) is 0.571. The van der Waals surface area contributed by atoms with E-state index in [-0.39, 0.29) is 12.8 Å². The van der Waals surface area contributed by atoms with E-state index in [4.69, 9.17) is 0 Å². The second kappa shape index (κ2) is 3.99. The van der Waals surface area contributed by atoms with Crippen molar-refractivity contribution in [3.05, 3.63) is 0 Å². The molecule has 0 saturated carbocycles. The highest BCUT2D eigenvalue weighted by molar-refractivity contribution is 5.96. The van der Waals surface area contributed by atoms with E-state index in [0.717, 1.165) is 6.92 Å². The van der Waals surface area contributed by atoms with E-state index in [2.05, 4.69) is 9.88 Å². The summed E-state index contributed by atoms with van der Waals surface area (Å²) in [6.45, 7) is 1.11. The van der Waals surface area contributed by atoms with E-state index in [1.807, 2.05) is 0 Å². The van der Waals surface area contributed by atoms with Crippen LogP contribution in [-0.4, -0.2) is 22.8 Å². The van der Waals surface area contributed by atoms with Crippen molar-refractivity contribution in [2.75, 3.05) is 0 Å². The fourth-order valence-electron chi connectivity index (χ4n) is 0.906. The monoisotopic (exact) mass is 187 g/mol. The van der Waals surface area contributed by atoms with Gasteiger partial charge in [0.1, 0.15) is 0 Å². The summed E-state index contributed by atoms with van der Waals surface area (Å²) >= 11 is 0. The van der Waals surface area contributed by atoms with Crippen LogP contribution in [0.1, 0.15) is 26.2 Å². The molecule has 0 radical (unpaired) electrons. The number of nitrogens with zero attached hydrogens (tertiary/aromatic N) is 1. The van der Waals surface area contributed by atoms with E-state index in [1.165, 1.54) is 0 Å². The van der Waals surface area contributed by atoms with Gasteiger partial charge in [-0.15, -0.1) is 5.06 Å². The Kier molecular flexibility index (Phi) is 2.97. The zero-order chi connectivity index (χ0) is 9.84. The van der Waals surface area contributed by atoms with E-state index in [0.29, 0.717) is 11.5 Å². The molecule has 0 bridgehead atoms. The molecule has 0 aliphatic carbocycles. The molecule has 6 heteroatoms. The van der Waals surface area contributed by atoms with Gasteiger partial charge in [0.25, 0.3) is 11.8 Å². The molecule has 0 aromatic carbocycles. The van der Waals surface area contributed by atoms with Crippen molar-refractivity contribution < 1.29 is 24.3 Å². The van der Waals surface area contributed by atoms with Crippen molar-refractivity contribution in [3.8, 4) is 0 Å². The Morgan fingerprint density at radius 3 is 2.31 bits per heavy atom. The van der Waals surface area contributed by atoms with Gasteiger partial charge in [0.15, 0.2) is 0 Å². The molecule has 0 aromatic rings. The van der Waals surface area contributed by atoms with Crippen LogP contribution in [0.4, 0.5) is 0 Å². The number of hydroxylamine groups is 2. The third-order valence-corrected chi connectivity index (χ3v) is 1.46. The Morgan fingerprint density at radius 2 is 1.85 bits per heavy atom. The molecule has 1 rings (SSSR count). The van der Waals surface area contributed by atoms with Gasteiger partial charge in [0.05, 0.1) is 0 Å². The number of amides is 2. The SMILES string of the molecule is CC(=O)OON1C(=O)CCCC1=O. The van der Waals surface area contributed by atoms with Crippen LogP contribution in [0, 0.1) is 0 Å². The van der Waals surface area contributed by atoms with Gasteiger partial charge in [-0.25, -0.2) is 4.79 Å². The molecule has 1 fully saturated rings. The Morgan fingerprint density at radius 1 is 1.31 bits per heavy atom. The zero-order valence-corrected chi connectivity index (χ0v) is 7.11. The second-order valence-electron chi connectivity index (χ2n) is 2.58. The summed E-state index contributed by atoms with van der Waals surface area (Å²) in [5, 5.41) is 0.477. The van der Waals surface area contributed by atoms with Crippen molar-refractivity contribution in [3.63, 3.8) is 0 Å². The summed E-state index contributed by atoms with van der Waals surface area (Å²) in [6, 6.07) is 0. The molecule has 1 aliphatic rings. The van der Waals surface area contributed by atoms with Crippen molar-refractivity contribution >= 4 is 17.8 Å². The molecule has 0 unspecified atom stereocenters. The Bertz CT molecular complexity index is 233. The van der Waals surface area contributed by atoms with Gasteiger partial charge in [-0.2, -0.15) is 0 Å². The number of carbonyl (C=O) groups is 3. The normalized spacial score (nSPS) is 17.5. The van der Waals surface area contributed by atoms with Crippen LogP contribution in [0.5, 0.6) is 0 Å². The number of hydrogen-bond acceptors (Lipinski definition) is 5. The molecule has 13 heavy (non-hydrogen) atoms. The molecule has 1 saturated heterocycles. The molecular weight excluding hydrogens is 178 g/mol. The Balaban J connectivity index is 2.49. The highest BCUT2D eigenvalue weighted by Crippen LogP contribution is 2.12. The topological polar surface area (TPSA) is 72.9 Å². The second-order valence-corrected chi connectivity index (χ2v) is 2.58. The summed E-state index contributed by atoms with van der Waals surface area (Å²) < 4.78 is 0. The van der Waals surface area contributed by atoms with Crippen molar-refractivity contribution in [1.82, 2.24) is 5.06 Å². The lowest BCUT2D eigenvalue weighted by atomic mass is 10.1. The lowest BCUT2D eigenvalue weighted by molar-refractivity contribution is -0.368. The fourth-order valence-corrected chi connectivity index (χ4v) is 0.906. The molecule has 2 amide bonds. The van der Waals surface area contributed by atoms with Crippen LogP contribution in [0.25, 0.3) is 0 Å². The third kappa shape index (κ3) is 2.51. The summed E-state index contributed by atoms with van der Waals surface area (Å²) in [5.41, 5.74) is 0. The van der Waals surface area contributed by atoms with Crippen LogP contribution < -0.4 is 0 Å². The van der Waals surface area contributed by atoms with Gasteiger partial charge >= 0.3 is 5.97 Å². The lowest BCUT2D eigenvalue weighted by Gasteiger charge is -2.20. The maximum atomic E-state index is 11.0. The van der Waals surface area contributed by atoms with Crippen LogP contribution in [0.3, 0.4) is 0 Å². The molecule has 1 aliphatic heterocycles. The summed E-state index contributed by atoms with van der Waals surface area (Å²) in [6.07, 6.45) is 0.970. The average molecular weight is 187 g/mol. The minimum absolute atomic E-state index is 0.229. The number of imide groups is 1. The van der Waals surface area contributed by atoms with Gasteiger partial charge < -0.3 is 0 Å². The predicted molar refractivity (Wildman–Crippen MR) is 38.6 cm³/mol. The van der Waals surface area contributed by atoms with Crippen LogP contribution in [0.15, 0.2) is 0 Å². The molecule has 0 spiro atoms.